The van der Waals surface area contributed by atoms with E-state index in [2.05, 4.69) is 26.1 Å². The van der Waals surface area contributed by atoms with Gasteiger partial charge in [0.2, 0.25) is 11.0 Å². The minimum atomic E-state index is -0.0442. The second-order valence-electron chi connectivity index (χ2n) is 6.64. The van der Waals surface area contributed by atoms with Gasteiger partial charge in [0.05, 0.1) is 12.1 Å². The van der Waals surface area contributed by atoms with Gasteiger partial charge in [0.1, 0.15) is 5.01 Å². The van der Waals surface area contributed by atoms with Gasteiger partial charge in [0.25, 0.3) is 0 Å². The minimum Gasteiger partial charge on any atom is -0.332 e. The van der Waals surface area contributed by atoms with Crippen molar-refractivity contribution in [1.82, 2.24) is 20.8 Å². The van der Waals surface area contributed by atoms with Gasteiger partial charge in [0.15, 0.2) is 0 Å². The van der Waals surface area contributed by atoms with Crippen LogP contribution in [0, 0.1) is 0 Å². The molecule has 0 spiro atoms. The molecule has 7 nitrogen and oxygen atoms in total. The number of carbonyl (C=O) groups is 2. The number of hydrogen-bond acceptors (Lipinski definition) is 6. The molecule has 0 unspecified atom stereocenters. The third-order valence-corrected chi connectivity index (χ3v) is 7.20. The summed E-state index contributed by atoms with van der Waals surface area (Å²) in [4.78, 5) is 23.3. The Morgan fingerprint density at radius 2 is 2.12 bits per heavy atom. The highest BCUT2D eigenvalue weighted by molar-refractivity contribution is 8.00. The molecule has 0 aromatic carbocycles. The van der Waals surface area contributed by atoms with E-state index < -0.39 is 0 Å². The van der Waals surface area contributed by atoms with Crippen LogP contribution in [-0.4, -0.2) is 45.2 Å². The van der Waals surface area contributed by atoms with Crippen molar-refractivity contribution in [2.75, 3.05) is 11.1 Å². The van der Waals surface area contributed by atoms with Gasteiger partial charge in [-0.05, 0) is 25.7 Å². The summed E-state index contributed by atoms with van der Waals surface area (Å²) in [5.41, 5.74) is 0. The third-order valence-electron chi connectivity index (χ3n) is 4.69. The molecule has 0 radical (unpaired) electrons. The van der Waals surface area contributed by atoms with E-state index in [1.807, 2.05) is 11.8 Å². The Morgan fingerprint density at radius 1 is 1.25 bits per heavy atom. The first-order valence-corrected chi connectivity index (χ1v) is 10.4. The molecule has 3 atom stereocenters. The van der Waals surface area contributed by atoms with Crippen molar-refractivity contribution in [1.29, 1.82) is 0 Å². The number of urea groups is 1. The molecule has 4 rings (SSSR count). The summed E-state index contributed by atoms with van der Waals surface area (Å²) in [6, 6.07) is 0.477. The van der Waals surface area contributed by atoms with Gasteiger partial charge in [-0.1, -0.05) is 17.8 Å². The first kappa shape index (κ1) is 16.1. The van der Waals surface area contributed by atoms with Crippen LogP contribution in [0.25, 0.3) is 0 Å². The Labute approximate surface area is 148 Å². The molecule has 9 heteroatoms. The maximum absolute atomic E-state index is 12.0. The number of anilines is 1. The van der Waals surface area contributed by atoms with E-state index in [1.165, 1.54) is 24.2 Å². The average Bonchev–Trinajstić information content (AvgIpc) is 3.02. The summed E-state index contributed by atoms with van der Waals surface area (Å²) in [7, 11) is 0. The lowest BCUT2D eigenvalue weighted by molar-refractivity contribution is -0.116. The van der Waals surface area contributed by atoms with Gasteiger partial charge >= 0.3 is 6.03 Å². The van der Waals surface area contributed by atoms with Gasteiger partial charge < -0.3 is 16.0 Å². The zero-order chi connectivity index (χ0) is 16.5. The van der Waals surface area contributed by atoms with E-state index in [4.69, 9.17) is 0 Å². The SMILES string of the molecule is O=C(CCCC[C@@H]1SC[C@@H]2NC(=O)N[C@H]21)Nc1nnc(C2CC2)s1. The lowest BCUT2D eigenvalue weighted by Gasteiger charge is -2.16. The Balaban J connectivity index is 1.15. The average molecular weight is 368 g/mol. The minimum absolute atomic E-state index is 0.0151. The number of carbonyl (C=O) groups excluding carboxylic acids is 2. The highest BCUT2D eigenvalue weighted by Gasteiger charge is 2.42. The molecule has 3 fully saturated rings. The van der Waals surface area contributed by atoms with Crippen molar-refractivity contribution in [3.63, 3.8) is 0 Å². The molecular weight excluding hydrogens is 346 g/mol. The van der Waals surface area contributed by atoms with Crippen LogP contribution in [0.15, 0.2) is 0 Å². The fourth-order valence-corrected chi connectivity index (χ4v) is 5.71. The summed E-state index contributed by atoms with van der Waals surface area (Å²) < 4.78 is 0. The standard InChI is InChI=1S/C15H21N5O2S2/c21-11(17-15-20-19-13(24-15)8-5-6-8)4-2-1-3-10-12-9(7-23-10)16-14(22)18-12/h8-10,12H,1-7H2,(H2,16,18,22)(H,17,20,21)/t9-,10-,12+/m0/s1. The van der Waals surface area contributed by atoms with Crippen LogP contribution in [0.4, 0.5) is 9.93 Å². The lowest BCUT2D eigenvalue weighted by Crippen LogP contribution is -2.36. The van der Waals surface area contributed by atoms with Crippen molar-refractivity contribution in [3.05, 3.63) is 5.01 Å². The van der Waals surface area contributed by atoms with Gasteiger partial charge in [-0.15, -0.1) is 10.2 Å². The van der Waals surface area contributed by atoms with Crippen molar-refractivity contribution in [2.24, 2.45) is 0 Å². The van der Waals surface area contributed by atoms with Gasteiger partial charge in [-0.25, -0.2) is 4.79 Å². The smallest absolute Gasteiger partial charge is 0.315 e. The third kappa shape index (κ3) is 3.66. The number of amides is 3. The molecule has 24 heavy (non-hydrogen) atoms. The molecule has 1 saturated carbocycles. The maximum atomic E-state index is 12.0. The largest absolute Gasteiger partial charge is 0.332 e. The monoisotopic (exact) mass is 367 g/mol. The predicted octanol–water partition coefficient (Wildman–Crippen LogP) is 2.08. The van der Waals surface area contributed by atoms with Crippen LogP contribution >= 0.6 is 23.1 Å². The molecule has 3 aliphatic rings. The summed E-state index contributed by atoms with van der Waals surface area (Å²) in [6.07, 6.45) is 5.78. The highest BCUT2D eigenvalue weighted by Crippen LogP contribution is 2.42. The van der Waals surface area contributed by atoms with E-state index in [0.29, 0.717) is 22.7 Å². The fourth-order valence-electron chi connectivity index (χ4n) is 3.24. The van der Waals surface area contributed by atoms with E-state index in [9.17, 15) is 9.59 Å². The summed E-state index contributed by atoms with van der Waals surface area (Å²) in [6.45, 7) is 0. The molecule has 2 aliphatic heterocycles. The topological polar surface area (TPSA) is 96.0 Å². The van der Waals surface area contributed by atoms with Crippen LogP contribution in [0.1, 0.15) is 49.5 Å². The molecule has 3 N–H and O–H groups in total. The summed E-state index contributed by atoms with van der Waals surface area (Å²) in [5.74, 6) is 1.57. The molecule has 3 heterocycles. The lowest BCUT2D eigenvalue weighted by atomic mass is 10.0. The van der Waals surface area contributed by atoms with Crippen molar-refractivity contribution >= 4 is 40.2 Å². The number of unbranched alkanes of at least 4 members (excludes halogenated alkanes) is 1. The number of hydrogen-bond donors (Lipinski definition) is 3. The van der Waals surface area contributed by atoms with E-state index in [0.717, 1.165) is 30.0 Å². The fraction of sp³-hybridized carbons (Fsp3) is 0.733. The maximum Gasteiger partial charge on any atom is 0.315 e. The highest BCUT2D eigenvalue weighted by atomic mass is 32.2. The normalized spacial score (nSPS) is 28.3. The molecule has 0 bridgehead atoms. The number of rotatable bonds is 7. The van der Waals surface area contributed by atoms with Crippen molar-refractivity contribution in [3.8, 4) is 0 Å². The van der Waals surface area contributed by atoms with Gasteiger partial charge in [-0.3, -0.25) is 4.79 Å². The Bertz CT molecular complexity index is 633. The summed E-state index contributed by atoms with van der Waals surface area (Å²) in [5, 5.41) is 19.1. The zero-order valence-corrected chi connectivity index (χ0v) is 14.9. The Kier molecular flexibility index (Phi) is 4.62. The van der Waals surface area contributed by atoms with E-state index >= 15 is 0 Å². The molecule has 2 saturated heterocycles. The van der Waals surface area contributed by atoms with E-state index in [-0.39, 0.29) is 24.0 Å². The van der Waals surface area contributed by atoms with Crippen molar-refractivity contribution < 1.29 is 9.59 Å². The zero-order valence-electron chi connectivity index (χ0n) is 13.3. The predicted molar refractivity (Wildman–Crippen MR) is 94.5 cm³/mol. The second-order valence-corrected chi connectivity index (χ2v) is 8.92. The number of fused-ring (bicyclic) bond motifs is 1. The number of nitrogens with zero attached hydrogens (tertiary/aromatic N) is 2. The van der Waals surface area contributed by atoms with Crippen LogP contribution in [0.5, 0.6) is 0 Å². The number of nitrogens with one attached hydrogen (secondary N) is 3. The second kappa shape index (κ2) is 6.87. The number of aromatic nitrogens is 2. The molecule has 1 aliphatic carbocycles. The Morgan fingerprint density at radius 3 is 2.96 bits per heavy atom. The van der Waals surface area contributed by atoms with Crippen LogP contribution in [0.2, 0.25) is 0 Å². The molecule has 130 valence electrons. The number of thioether (sulfide) groups is 1. The Hall–Kier alpha value is -1.35. The van der Waals surface area contributed by atoms with Crippen LogP contribution < -0.4 is 16.0 Å². The molecular formula is C15H21N5O2S2. The van der Waals surface area contributed by atoms with Gasteiger partial charge in [-0.2, -0.15) is 11.8 Å². The first-order valence-electron chi connectivity index (χ1n) is 8.51. The van der Waals surface area contributed by atoms with E-state index in [1.54, 1.807) is 0 Å². The first-order chi connectivity index (χ1) is 11.7. The summed E-state index contributed by atoms with van der Waals surface area (Å²) >= 11 is 3.41. The van der Waals surface area contributed by atoms with Gasteiger partial charge in [0, 0.05) is 23.3 Å². The molecule has 1 aromatic heterocycles. The van der Waals surface area contributed by atoms with Crippen molar-refractivity contribution in [2.45, 2.75) is 61.8 Å². The molecule has 1 aromatic rings. The molecule has 3 amide bonds. The van der Waals surface area contributed by atoms with Crippen LogP contribution in [-0.2, 0) is 4.79 Å². The van der Waals surface area contributed by atoms with Crippen LogP contribution in [0.3, 0.4) is 0 Å². The quantitative estimate of drug-likeness (QED) is 0.506.